The van der Waals surface area contributed by atoms with Crippen molar-refractivity contribution >= 4 is 0 Å². The third kappa shape index (κ3) is 5.52. The van der Waals surface area contributed by atoms with Gasteiger partial charge in [-0.1, -0.05) is 13.8 Å². The Bertz CT molecular complexity index is 107. The van der Waals surface area contributed by atoms with E-state index in [-0.39, 0.29) is 12.1 Å². The molecule has 0 rings (SSSR count). The van der Waals surface area contributed by atoms with Crippen LogP contribution in [0.3, 0.4) is 0 Å². The van der Waals surface area contributed by atoms with Gasteiger partial charge in [-0.25, -0.2) is 0 Å². The molecule has 0 aliphatic carbocycles. The maximum atomic E-state index is 5.86. The summed E-state index contributed by atoms with van der Waals surface area (Å²) in [5.41, 5.74) is 11.6. The van der Waals surface area contributed by atoms with Gasteiger partial charge in [0.25, 0.3) is 0 Å². The van der Waals surface area contributed by atoms with Crippen molar-refractivity contribution in [2.45, 2.75) is 38.8 Å². The first-order valence-corrected chi connectivity index (χ1v) is 4.58. The summed E-state index contributed by atoms with van der Waals surface area (Å²) >= 11 is 0. The van der Waals surface area contributed by atoms with Crippen molar-refractivity contribution in [3.05, 3.63) is 0 Å². The maximum absolute atomic E-state index is 5.86. The number of ether oxygens (including phenoxy) is 1. The van der Waals surface area contributed by atoms with Gasteiger partial charge in [-0.05, 0) is 18.8 Å². The highest BCUT2D eigenvalue weighted by molar-refractivity contribution is 4.69. The molecular weight excluding hydrogens is 152 g/mol. The average Bonchev–Trinajstić information content (AvgIpc) is 2.00. The van der Waals surface area contributed by atoms with E-state index in [2.05, 4.69) is 13.8 Å². The first-order valence-electron chi connectivity index (χ1n) is 4.58. The molecule has 0 aromatic heterocycles. The fourth-order valence-corrected chi connectivity index (χ4v) is 1.04. The summed E-state index contributed by atoms with van der Waals surface area (Å²) in [5.74, 6) is 0.541. The number of nitrogens with two attached hydrogens (primary N) is 2. The van der Waals surface area contributed by atoms with Gasteiger partial charge in [-0.15, -0.1) is 0 Å². The highest BCUT2D eigenvalue weighted by atomic mass is 16.5. The van der Waals surface area contributed by atoms with Crippen LogP contribution in [0.15, 0.2) is 0 Å². The van der Waals surface area contributed by atoms with Crippen LogP contribution in [-0.4, -0.2) is 25.8 Å². The Morgan fingerprint density at radius 1 is 1.17 bits per heavy atom. The number of methoxy groups -OCH3 is 1. The molecule has 0 amide bonds. The summed E-state index contributed by atoms with van der Waals surface area (Å²) in [7, 11) is 1.67. The first-order chi connectivity index (χ1) is 5.57. The maximum Gasteiger partial charge on any atom is 0.0613 e. The van der Waals surface area contributed by atoms with Gasteiger partial charge in [0.15, 0.2) is 0 Å². The predicted octanol–water partition coefficient (Wildman–Crippen LogP) is 0.724. The van der Waals surface area contributed by atoms with Crippen LogP contribution in [-0.2, 0) is 4.74 Å². The normalized spacial score (nSPS) is 16.5. The van der Waals surface area contributed by atoms with Gasteiger partial charge in [-0.3, -0.25) is 0 Å². The topological polar surface area (TPSA) is 61.3 Å². The summed E-state index contributed by atoms with van der Waals surface area (Å²) in [6, 6.07) is 0.410. The number of rotatable bonds is 6. The van der Waals surface area contributed by atoms with E-state index in [1.54, 1.807) is 7.11 Å². The summed E-state index contributed by atoms with van der Waals surface area (Å²) in [6.45, 7) is 4.89. The lowest BCUT2D eigenvalue weighted by Crippen LogP contribution is -2.32. The molecule has 0 aromatic carbocycles. The fourth-order valence-electron chi connectivity index (χ4n) is 1.04. The molecule has 0 aliphatic rings. The lowest BCUT2D eigenvalue weighted by molar-refractivity contribution is 0.174. The molecule has 0 saturated heterocycles. The Morgan fingerprint density at radius 3 is 2.17 bits per heavy atom. The van der Waals surface area contributed by atoms with E-state index in [0.717, 1.165) is 12.8 Å². The van der Waals surface area contributed by atoms with E-state index >= 15 is 0 Å². The third-order valence-corrected chi connectivity index (χ3v) is 2.11. The van der Waals surface area contributed by atoms with Crippen LogP contribution in [0.2, 0.25) is 0 Å². The zero-order valence-electron chi connectivity index (χ0n) is 8.42. The smallest absolute Gasteiger partial charge is 0.0613 e. The quantitative estimate of drug-likeness (QED) is 0.624. The molecule has 74 valence electrons. The third-order valence-electron chi connectivity index (χ3n) is 2.11. The van der Waals surface area contributed by atoms with E-state index in [9.17, 15) is 0 Å². The van der Waals surface area contributed by atoms with Crippen LogP contribution in [0.5, 0.6) is 0 Å². The van der Waals surface area contributed by atoms with E-state index in [0.29, 0.717) is 12.5 Å². The Kier molecular flexibility index (Phi) is 6.34. The molecule has 4 N–H and O–H groups in total. The molecule has 3 heteroatoms. The molecule has 0 bridgehead atoms. The Balaban J connectivity index is 3.40. The van der Waals surface area contributed by atoms with Crippen LogP contribution in [0.25, 0.3) is 0 Å². The zero-order valence-corrected chi connectivity index (χ0v) is 8.42. The molecule has 0 heterocycles. The summed E-state index contributed by atoms with van der Waals surface area (Å²) in [4.78, 5) is 0. The highest BCUT2D eigenvalue weighted by Crippen LogP contribution is 2.06. The highest BCUT2D eigenvalue weighted by Gasteiger charge is 2.09. The SMILES string of the molecule is COCC(N)CCC(N)C(C)C. The van der Waals surface area contributed by atoms with Crippen molar-refractivity contribution in [2.24, 2.45) is 17.4 Å². The van der Waals surface area contributed by atoms with Crippen molar-refractivity contribution in [3.63, 3.8) is 0 Å². The average molecular weight is 174 g/mol. The van der Waals surface area contributed by atoms with Crippen LogP contribution >= 0.6 is 0 Å². The van der Waals surface area contributed by atoms with Crippen molar-refractivity contribution < 1.29 is 4.74 Å². The van der Waals surface area contributed by atoms with Crippen LogP contribution in [0.4, 0.5) is 0 Å². The first kappa shape index (κ1) is 11.9. The number of hydrogen-bond acceptors (Lipinski definition) is 3. The van der Waals surface area contributed by atoms with Crippen molar-refractivity contribution in [2.75, 3.05) is 13.7 Å². The summed E-state index contributed by atoms with van der Waals surface area (Å²) in [6.07, 6.45) is 1.94. The van der Waals surface area contributed by atoms with Crippen molar-refractivity contribution in [3.8, 4) is 0 Å². The van der Waals surface area contributed by atoms with Gasteiger partial charge < -0.3 is 16.2 Å². The van der Waals surface area contributed by atoms with Crippen LogP contribution in [0.1, 0.15) is 26.7 Å². The summed E-state index contributed by atoms with van der Waals surface area (Å²) < 4.78 is 4.93. The second-order valence-electron chi connectivity index (χ2n) is 3.70. The van der Waals surface area contributed by atoms with Gasteiger partial charge in [0, 0.05) is 19.2 Å². The van der Waals surface area contributed by atoms with Crippen LogP contribution < -0.4 is 11.5 Å². The molecule has 0 radical (unpaired) electrons. The molecular formula is C9H22N2O. The molecule has 2 unspecified atom stereocenters. The van der Waals surface area contributed by atoms with Crippen molar-refractivity contribution in [1.29, 1.82) is 0 Å². The Labute approximate surface area is 75.5 Å². The minimum absolute atomic E-state index is 0.139. The fraction of sp³-hybridized carbons (Fsp3) is 1.00. The molecule has 0 fully saturated rings. The van der Waals surface area contributed by atoms with E-state index < -0.39 is 0 Å². The van der Waals surface area contributed by atoms with Gasteiger partial charge in [-0.2, -0.15) is 0 Å². The minimum Gasteiger partial charge on any atom is -0.383 e. The molecule has 3 nitrogen and oxygen atoms in total. The number of hydrogen-bond donors (Lipinski definition) is 2. The zero-order chi connectivity index (χ0) is 9.56. The molecule has 0 aliphatic heterocycles. The van der Waals surface area contributed by atoms with Gasteiger partial charge in [0.2, 0.25) is 0 Å². The molecule has 2 atom stereocenters. The van der Waals surface area contributed by atoms with Gasteiger partial charge in [0.05, 0.1) is 6.61 Å². The van der Waals surface area contributed by atoms with Crippen molar-refractivity contribution in [1.82, 2.24) is 0 Å². The minimum atomic E-state index is 0.139. The molecule has 0 aromatic rings. The van der Waals surface area contributed by atoms with E-state index in [1.165, 1.54) is 0 Å². The predicted molar refractivity (Wildman–Crippen MR) is 51.9 cm³/mol. The molecule has 12 heavy (non-hydrogen) atoms. The summed E-state index contributed by atoms with van der Waals surface area (Å²) in [5, 5.41) is 0. The largest absolute Gasteiger partial charge is 0.383 e. The van der Waals surface area contributed by atoms with E-state index in [4.69, 9.17) is 16.2 Å². The standard InChI is InChI=1S/C9H22N2O/c1-7(2)9(11)5-4-8(10)6-12-3/h7-9H,4-6,10-11H2,1-3H3. The Morgan fingerprint density at radius 2 is 1.75 bits per heavy atom. The van der Waals surface area contributed by atoms with Gasteiger partial charge >= 0.3 is 0 Å². The van der Waals surface area contributed by atoms with E-state index in [1.807, 2.05) is 0 Å². The molecule has 0 spiro atoms. The monoisotopic (exact) mass is 174 g/mol. The lowest BCUT2D eigenvalue weighted by atomic mass is 9.98. The second kappa shape index (κ2) is 6.40. The lowest BCUT2D eigenvalue weighted by Gasteiger charge is -2.17. The van der Waals surface area contributed by atoms with Crippen LogP contribution in [0, 0.1) is 5.92 Å². The molecule has 0 saturated carbocycles. The van der Waals surface area contributed by atoms with Gasteiger partial charge in [0.1, 0.15) is 0 Å². The second-order valence-corrected chi connectivity index (χ2v) is 3.70. The Hall–Kier alpha value is -0.120.